The maximum atomic E-state index is 8.64. The van der Waals surface area contributed by atoms with Gasteiger partial charge in [0.15, 0.2) is 0 Å². The van der Waals surface area contributed by atoms with Gasteiger partial charge in [0.1, 0.15) is 6.07 Å². The van der Waals surface area contributed by atoms with Gasteiger partial charge in [-0.05, 0) is 24.5 Å². The van der Waals surface area contributed by atoms with Gasteiger partial charge in [0.25, 0.3) is 0 Å². The Hall–Kier alpha value is -2.34. The highest BCUT2D eigenvalue weighted by atomic mass is 16.5. The summed E-state index contributed by atoms with van der Waals surface area (Å²) in [6.07, 6.45) is 3.47. The number of hydrogen-bond acceptors (Lipinski definition) is 3. The largest absolute Gasteiger partial charge is 0.478 e. The smallest absolute Gasteiger partial charge is 0.213 e. The Bertz CT molecular complexity index is 514. The van der Waals surface area contributed by atoms with Crippen molar-refractivity contribution in [2.24, 2.45) is 0 Å². The molecule has 3 nitrogen and oxygen atoms in total. The van der Waals surface area contributed by atoms with Crippen LogP contribution in [-0.4, -0.2) is 11.6 Å². The predicted molar refractivity (Wildman–Crippen MR) is 69.2 cm³/mol. The highest BCUT2D eigenvalue weighted by Crippen LogP contribution is 2.08. The molecule has 18 heavy (non-hydrogen) atoms. The highest BCUT2D eigenvalue weighted by molar-refractivity contribution is 5.28. The van der Waals surface area contributed by atoms with Gasteiger partial charge < -0.3 is 4.74 Å². The lowest BCUT2D eigenvalue weighted by molar-refractivity contribution is 0.299. The fourth-order valence-electron chi connectivity index (χ4n) is 1.63. The van der Waals surface area contributed by atoms with E-state index in [0.717, 1.165) is 12.8 Å². The Kier molecular flexibility index (Phi) is 4.32. The minimum atomic E-state index is 0.548. The number of aromatic nitrogens is 1. The monoisotopic (exact) mass is 238 g/mol. The summed E-state index contributed by atoms with van der Waals surface area (Å²) in [6.45, 7) is 0.633. The van der Waals surface area contributed by atoms with E-state index >= 15 is 0 Å². The van der Waals surface area contributed by atoms with Crippen molar-refractivity contribution in [1.29, 1.82) is 5.26 Å². The third-order valence-electron chi connectivity index (χ3n) is 2.57. The standard InChI is InChI=1S/C15H14N2O/c16-11-14-8-9-15(17-12-14)18-10-4-7-13-5-2-1-3-6-13/h1-3,5-6,8-9,12H,4,7,10H2. The molecule has 90 valence electrons. The molecule has 0 amide bonds. The number of nitriles is 1. The number of ether oxygens (including phenoxy) is 1. The molecule has 0 bridgehead atoms. The third kappa shape index (κ3) is 3.60. The summed E-state index contributed by atoms with van der Waals surface area (Å²) in [5.74, 6) is 0.571. The van der Waals surface area contributed by atoms with Crippen LogP contribution in [0.1, 0.15) is 17.5 Å². The molecular formula is C15H14N2O. The Labute approximate surface area is 107 Å². The van der Waals surface area contributed by atoms with Crippen molar-refractivity contribution in [3.63, 3.8) is 0 Å². The maximum absolute atomic E-state index is 8.64. The predicted octanol–water partition coefficient (Wildman–Crippen LogP) is 2.96. The molecule has 0 radical (unpaired) electrons. The number of nitrogens with zero attached hydrogens (tertiary/aromatic N) is 2. The van der Waals surface area contributed by atoms with Crippen molar-refractivity contribution in [2.45, 2.75) is 12.8 Å². The Morgan fingerprint density at radius 2 is 1.94 bits per heavy atom. The van der Waals surface area contributed by atoms with E-state index in [-0.39, 0.29) is 0 Å². The van der Waals surface area contributed by atoms with Crippen LogP contribution in [0.2, 0.25) is 0 Å². The van der Waals surface area contributed by atoms with Gasteiger partial charge in [-0.3, -0.25) is 0 Å². The molecule has 3 heteroatoms. The average Bonchev–Trinajstić information content (AvgIpc) is 2.45. The lowest BCUT2D eigenvalue weighted by Gasteiger charge is -2.05. The number of rotatable bonds is 5. The molecule has 2 aromatic rings. The molecule has 0 N–H and O–H groups in total. The van der Waals surface area contributed by atoms with E-state index in [1.807, 2.05) is 24.3 Å². The topological polar surface area (TPSA) is 45.9 Å². The molecule has 0 saturated heterocycles. The molecule has 0 unspecified atom stereocenters. The lowest BCUT2D eigenvalue weighted by atomic mass is 10.1. The molecule has 1 aromatic carbocycles. The van der Waals surface area contributed by atoms with Crippen LogP contribution in [0.3, 0.4) is 0 Å². The fourth-order valence-corrected chi connectivity index (χ4v) is 1.63. The van der Waals surface area contributed by atoms with Gasteiger partial charge in [-0.15, -0.1) is 0 Å². The van der Waals surface area contributed by atoms with Gasteiger partial charge in [0.05, 0.1) is 12.2 Å². The van der Waals surface area contributed by atoms with Crippen molar-refractivity contribution in [1.82, 2.24) is 4.98 Å². The van der Waals surface area contributed by atoms with Crippen LogP contribution in [0.4, 0.5) is 0 Å². The zero-order valence-electron chi connectivity index (χ0n) is 10.0. The summed E-state index contributed by atoms with van der Waals surface area (Å²) < 4.78 is 5.51. The van der Waals surface area contributed by atoms with Gasteiger partial charge in [0.2, 0.25) is 5.88 Å². The Morgan fingerprint density at radius 3 is 2.61 bits per heavy atom. The number of aryl methyl sites for hydroxylation is 1. The first-order valence-corrected chi connectivity index (χ1v) is 5.91. The Morgan fingerprint density at radius 1 is 1.11 bits per heavy atom. The summed E-state index contributed by atoms with van der Waals surface area (Å²) in [6, 6.07) is 15.8. The second-order valence-electron chi connectivity index (χ2n) is 3.93. The Balaban J connectivity index is 1.74. The van der Waals surface area contributed by atoms with Crippen LogP contribution in [0.15, 0.2) is 48.7 Å². The lowest BCUT2D eigenvalue weighted by Crippen LogP contribution is -2.00. The van der Waals surface area contributed by atoms with E-state index in [2.05, 4.69) is 17.1 Å². The van der Waals surface area contributed by atoms with Crippen LogP contribution in [0.25, 0.3) is 0 Å². The van der Waals surface area contributed by atoms with E-state index in [1.54, 1.807) is 12.1 Å². The number of pyridine rings is 1. The molecule has 0 saturated carbocycles. The molecule has 1 heterocycles. The molecule has 0 spiro atoms. The molecule has 0 atom stereocenters. The summed E-state index contributed by atoms with van der Waals surface area (Å²) in [4.78, 5) is 4.05. The molecule has 0 aliphatic rings. The first-order valence-electron chi connectivity index (χ1n) is 5.91. The van der Waals surface area contributed by atoms with Crippen LogP contribution in [0.5, 0.6) is 5.88 Å². The second kappa shape index (κ2) is 6.41. The van der Waals surface area contributed by atoms with E-state index < -0.39 is 0 Å². The van der Waals surface area contributed by atoms with Crippen molar-refractivity contribution in [3.8, 4) is 11.9 Å². The van der Waals surface area contributed by atoms with Crippen molar-refractivity contribution in [3.05, 3.63) is 59.8 Å². The first-order chi connectivity index (χ1) is 8.88. The second-order valence-corrected chi connectivity index (χ2v) is 3.93. The number of benzene rings is 1. The first kappa shape index (κ1) is 12.1. The van der Waals surface area contributed by atoms with E-state index in [9.17, 15) is 0 Å². The SMILES string of the molecule is N#Cc1ccc(OCCCc2ccccc2)nc1. The van der Waals surface area contributed by atoms with Crippen LogP contribution >= 0.6 is 0 Å². The van der Waals surface area contributed by atoms with Gasteiger partial charge >= 0.3 is 0 Å². The van der Waals surface area contributed by atoms with E-state index in [4.69, 9.17) is 10.00 Å². The average molecular weight is 238 g/mol. The van der Waals surface area contributed by atoms with Crippen molar-refractivity contribution < 1.29 is 4.74 Å². The number of hydrogen-bond donors (Lipinski definition) is 0. The zero-order chi connectivity index (χ0) is 12.6. The maximum Gasteiger partial charge on any atom is 0.213 e. The van der Waals surface area contributed by atoms with Crippen LogP contribution in [-0.2, 0) is 6.42 Å². The van der Waals surface area contributed by atoms with Crippen LogP contribution < -0.4 is 4.74 Å². The summed E-state index contributed by atoms with van der Waals surface area (Å²) in [5, 5.41) is 8.64. The minimum absolute atomic E-state index is 0.548. The zero-order valence-corrected chi connectivity index (χ0v) is 10.0. The molecule has 2 rings (SSSR count). The van der Waals surface area contributed by atoms with E-state index in [1.165, 1.54) is 11.8 Å². The summed E-state index contributed by atoms with van der Waals surface area (Å²) in [7, 11) is 0. The molecule has 0 fully saturated rings. The molecule has 0 aliphatic heterocycles. The molecular weight excluding hydrogens is 224 g/mol. The molecule has 1 aromatic heterocycles. The summed E-state index contributed by atoms with van der Waals surface area (Å²) >= 11 is 0. The van der Waals surface area contributed by atoms with Crippen molar-refractivity contribution in [2.75, 3.05) is 6.61 Å². The normalized spacial score (nSPS) is 9.72. The van der Waals surface area contributed by atoms with Crippen molar-refractivity contribution >= 4 is 0 Å². The quantitative estimate of drug-likeness (QED) is 0.752. The third-order valence-corrected chi connectivity index (χ3v) is 2.57. The van der Waals surface area contributed by atoms with Gasteiger partial charge in [-0.25, -0.2) is 4.98 Å². The van der Waals surface area contributed by atoms with Crippen LogP contribution in [0, 0.1) is 11.3 Å². The van der Waals surface area contributed by atoms with Gasteiger partial charge in [-0.2, -0.15) is 5.26 Å². The molecule has 0 aliphatic carbocycles. The van der Waals surface area contributed by atoms with Gasteiger partial charge in [-0.1, -0.05) is 30.3 Å². The highest BCUT2D eigenvalue weighted by Gasteiger charge is 1.97. The fraction of sp³-hybridized carbons (Fsp3) is 0.200. The minimum Gasteiger partial charge on any atom is -0.478 e. The van der Waals surface area contributed by atoms with Gasteiger partial charge in [0, 0.05) is 12.3 Å². The summed E-state index contributed by atoms with van der Waals surface area (Å²) in [5.41, 5.74) is 1.86. The van der Waals surface area contributed by atoms with E-state index in [0.29, 0.717) is 18.1 Å².